The van der Waals surface area contributed by atoms with Crippen LogP contribution in [0.15, 0.2) is 18.2 Å². The molecular formula is C12H16N2O4. The van der Waals surface area contributed by atoms with Gasteiger partial charge in [-0.1, -0.05) is 6.07 Å². The Morgan fingerprint density at radius 3 is 2.67 bits per heavy atom. The Hall–Kier alpha value is -2.11. The van der Waals surface area contributed by atoms with Gasteiger partial charge in [0.05, 0.1) is 17.6 Å². The molecule has 0 spiro atoms. The molecule has 0 amide bonds. The van der Waals surface area contributed by atoms with Gasteiger partial charge in [-0.05, 0) is 19.9 Å². The van der Waals surface area contributed by atoms with Crippen molar-refractivity contribution in [3.8, 4) is 0 Å². The molecule has 18 heavy (non-hydrogen) atoms. The number of esters is 1. The molecule has 1 aromatic rings. The quantitative estimate of drug-likeness (QED) is 0.454. The van der Waals surface area contributed by atoms with E-state index in [0.29, 0.717) is 17.8 Å². The summed E-state index contributed by atoms with van der Waals surface area (Å²) in [5.74, 6) is -0.372. The van der Waals surface area contributed by atoms with E-state index in [-0.39, 0.29) is 18.2 Å². The van der Waals surface area contributed by atoms with Gasteiger partial charge in [-0.25, -0.2) is 0 Å². The average molecular weight is 252 g/mol. The van der Waals surface area contributed by atoms with Gasteiger partial charge >= 0.3 is 5.97 Å². The van der Waals surface area contributed by atoms with Crippen molar-refractivity contribution in [1.82, 2.24) is 0 Å². The highest BCUT2D eigenvalue weighted by molar-refractivity contribution is 5.77. The number of carbonyl (C=O) groups excluding carboxylic acids is 1. The number of rotatable bonds is 5. The fraction of sp³-hybridized carbons (Fsp3) is 0.417. The van der Waals surface area contributed by atoms with Crippen LogP contribution in [0.4, 0.5) is 11.4 Å². The predicted molar refractivity (Wildman–Crippen MR) is 67.7 cm³/mol. The number of likely N-dealkylation sites (N-methyl/N-ethyl adjacent to an activating group) is 1. The normalized spacial score (nSPS) is 9.94. The van der Waals surface area contributed by atoms with Gasteiger partial charge in [0.1, 0.15) is 6.54 Å². The van der Waals surface area contributed by atoms with E-state index in [0.717, 1.165) is 0 Å². The maximum absolute atomic E-state index is 11.3. The molecule has 0 aliphatic carbocycles. The molecule has 1 aromatic carbocycles. The van der Waals surface area contributed by atoms with Crippen LogP contribution in [0, 0.1) is 17.0 Å². The molecular weight excluding hydrogens is 236 g/mol. The second-order valence-electron chi connectivity index (χ2n) is 3.77. The lowest BCUT2D eigenvalue weighted by molar-refractivity contribution is -0.385. The first-order valence-corrected chi connectivity index (χ1v) is 5.57. The number of hydrogen-bond acceptors (Lipinski definition) is 5. The fourth-order valence-corrected chi connectivity index (χ4v) is 1.74. The molecule has 98 valence electrons. The van der Waals surface area contributed by atoms with E-state index in [9.17, 15) is 14.9 Å². The Morgan fingerprint density at radius 2 is 2.17 bits per heavy atom. The van der Waals surface area contributed by atoms with Crippen LogP contribution in [-0.2, 0) is 9.53 Å². The molecule has 0 radical (unpaired) electrons. The molecule has 0 saturated heterocycles. The van der Waals surface area contributed by atoms with Crippen LogP contribution in [0.2, 0.25) is 0 Å². The molecule has 0 heterocycles. The number of methoxy groups -OCH3 is 1. The van der Waals surface area contributed by atoms with E-state index in [1.165, 1.54) is 13.2 Å². The number of benzene rings is 1. The Morgan fingerprint density at radius 1 is 1.50 bits per heavy atom. The van der Waals surface area contributed by atoms with Crippen molar-refractivity contribution >= 4 is 17.3 Å². The fourth-order valence-electron chi connectivity index (χ4n) is 1.74. The summed E-state index contributed by atoms with van der Waals surface area (Å²) in [5, 5.41) is 10.9. The van der Waals surface area contributed by atoms with Gasteiger partial charge in [0, 0.05) is 18.3 Å². The predicted octanol–water partition coefficient (Wildman–Crippen LogP) is 1.90. The molecule has 0 bridgehead atoms. The van der Waals surface area contributed by atoms with Gasteiger partial charge in [0.15, 0.2) is 0 Å². The zero-order chi connectivity index (χ0) is 13.7. The standard InChI is InChI=1S/C12H16N2O4/c1-4-13(8-12(15)18-3)10-6-5-7-11(9(10)2)14(16)17/h5-7H,4,8H2,1-3H3. The van der Waals surface area contributed by atoms with Crippen molar-refractivity contribution in [3.63, 3.8) is 0 Å². The summed E-state index contributed by atoms with van der Waals surface area (Å²) in [6, 6.07) is 4.82. The maximum atomic E-state index is 11.3. The van der Waals surface area contributed by atoms with Crippen molar-refractivity contribution < 1.29 is 14.5 Å². The SMILES string of the molecule is CCN(CC(=O)OC)c1cccc([N+](=O)[O-])c1C. The Balaban J connectivity index is 3.10. The monoisotopic (exact) mass is 252 g/mol. The summed E-state index contributed by atoms with van der Waals surface area (Å²) < 4.78 is 4.61. The molecule has 0 unspecified atom stereocenters. The first-order valence-electron chi connectivity index (χ1n) is 5.57. The Kier molecular flexibility index (Phi) is 4.65. The highest BCUT2D eigenvalue weighted by Gasteiger charge is 2.18. The molecule has 0 aromatic heterocycles. The molecule has 6 heteroatoms. The summed E-state index contributed by atoms with van der Waals surface area (Å²) in [7, 11) is 1.32. The lowest BCUT2D eigenvalue weighted by atomic mass is 10.1. The third kappa shape index (κ3) is 2.97. The van der Waals surface area contributed by atoms with Crippen molar-refractivity contribution in [1.29, 1.82) is 0 Å². The van der Waals surface area contributed by atoms with E-state index < -0.39 is 4.92 Å². The maximum Gasteiger partial charge on any atom is 0.325 e. The van der Waals surface area contributed by atoms with Gasteiger partial charge in [0.2, 0.25) is 0 Å². The van der Waals surface area contributed by atoms with Crippen LogP contribution in [-0.4, -0.2) is 31.1 Å². The summed E-state index contributed by atoms with van der Waals surface area (Å²) >= 11 is 0. The number of nitro groups is 1. The van der Waals surface area contributed by atoms with Gasteiger partial charge in [-0.15, -0.1) is 0 Å². The highest BCUT2D eigenvalue weighted by atomic mass is 16.6. The second-order valence-corrected chi connectivity index (χ2v) is 3.77. The minimum absolute atomic E-state index is 0.0517. The van der Waals surface area contributed by atoms with Crippen molar-refractivity contribution in [3.05, 3.63) is 33.9 Å². The van der Waals surface area contributed by atoms with Crippen molar-refractivity contribution in [2.24, 2.45) is 0 Å². The lowest BCUT2D eigenvalue weighted by Crippen LogP contribution is -2.30. The van der Waals surface area contributed by atoms with E-state index in [4.69, 9.17) is 0 Å². The Labute approximate surface area is 105 Å². The minimum atomic E-state index is -0.426. The third-order valence-electron chi connectivity index (χ3n) is 2.74. The highest BCUT2D eigenvalue weighted by Crippen LogP contribution is 2.27. The van der Waals surface area contributed by atoms with Gasteiger partial charge < -0.3 is 9.64 Å². The van der Waals surface area contributed by atoms with E-state index in [2.05, 4.69) is 4.74 Å². The number of carbonyl (C=O) groups is 1. The smallest absolute Gasteiger partial charge is 0.325 e. The Bertz CT molecular complexity index is 459. The van der Waals surface area contributed by atoms with Gasteiger partial charge in [-0.3, -0.25) is 14.9 Å². The molecule has 0 aliphatic rings. The molecule has 0 N–H and O–H groups in total. The first kappa shape index (κ1) is 14.0. The topological polar surface area (TPSA) is 72.7 Å². The van der Waals surface area contributed by atoms with Crippen molar-refractivity contribution in [2.45, 2.75) is 13.8 Å². The zero-order valence-electron chi connectivity index (χ0n) is 10.7. The molecule has 0 aliphatic heterocycles. The van der Waals surface area contributed by atoms with Crippen LogP contribution in [0.1, 0.15) is 12.5 Å². The molecule has 0 fully saturated rings. The zero-order valence-corrected chi connectivity index (χ0v) is 10.7. The first-order chi connectivity index (χ1) is 8.51. The van der Waals surface area contributed by atoms with Crippen LogP contribution in [0.5, 0.6) is 0 Å². The summed E-state index contributed by atoms with van der Waals surface area (Å²) in [6.07, 6.45) is 0. The van der Waals surface area contributed by atoms with Crippen LogP contribution >= 0.6 is 0 Å². The van der Waals surface area contributed by atoms with E-state index in [1.54, 1.807) is 24.0 Å². The van der Waals surface area contributed by atoms with E-state index in [1.807, 2.05) is 6.92 Å². The summed E-state index contributed by atoms with van der Waals surface area (Å²) in [4.78, 5) is 23.5. The third-order valence-corrected chi connectivity index (χ3v) is 2.74. The van der Waals surface area contributed by atoms with Gasteiger partial charge in [-0.2, -0.15) is 0 Å². The minimum Gasteiger partial charge on any atom is -0.468 e. The van der Waals surface area contributed by atoms with Crippen molar-refractivity contribution in [2.75, 3.05) is 25.1 Å². The van der Waals surface area contributed by atoms with Crippen LogP contribution < -0.4 is 4.90 Å². The molecule has 6 nitrogen and oxygen atoms in total. The number of ether oxygens (including phenoxy) is 1. The molecule has 1 rings (SSSR count). The molecule has 0 saturated carbocycles. The van der Waals surface area contributed by atoms with Gasteiger partial charge in [0.25, 0.3) is 5.69 Å². The number of hydrogen-bond donors (Lipinski definition) is 0. The molecule has 0 atom stereocenters. The lowest BCUT2D eigenvalue weighted by Gasteiger charge is -2.23. The summed E-state index contributed by atoms with van der Waals surface area (Å²) in [6.45, 7) is 4.20. The number of nitro benzene ring substituents is 1. The summed E-state index contributed by atoms with van der Waals surface area (Å²) in [5.41, 5.74) is 1.28. The number of anilines is 1. The largest absolute Gasteiger partial charge is 0.468 e. The number of nitrogens with zero attached hydrogens (tertiary/aromatic N) is 2. The van der Waals surface area contributed by atoms with Crippen LogP contribution in [0.25, 0.3) is 0 Å². The average Bonchev–Trinajstić information content (AvgIpc) is 2.35. The van der Waals surface area contributed by atoms with E-state index >= 15 is 0 Å². The van der Waals surface area contributed by atoms with Crippen LogP contribution in [0.3, 0.4) is 0 Å². The second kappa shape index (κ2) is 6.00.